The Bertz CT molecular complexity index is 616. The van der Waals surface area contributed by atoms with Gasteiger partial charge in [0.05, 0.1) is 3.57 Å². The molecule has 1 amide bonds. The standard InChI is InChI=1S/C14H11FINO2/c15-11-3-1-2-9(6-11)8-17-14(19)10-4-5-12(16)13(18)7-10/h1-7,18H,8H2,(H,17,19). The molecule has 0 aromatic heterocycles. The number of phenolic OH excluding ortho intramolecular Hbond substituents is 1. The minimum Gasteiger partial charge on any atom is -0.507 e. The van der Waals surface area contributed by atoms with Crippen LogP contribution in [0.2, 0.25) is 0 Å². The normalized spacial score (nSPS) is 10.2. The van der Waals surface area contributed by atoms with Crippen LogP contribution in [0, 0.1) is 9.39 Å². The summed E-state index contributed by atoms with van der Waals surface area (Å²) in [6.45, 7) is 0.239. The van der Waals surface area contributed by atoms with E-state index in [0.717, 1.165) is 0 Å². The second-order valence-corrected chi connectivity index (χ2v) is 5.14. The van der Waals surface area contributed by atoms with Gasteiger partial charge in [0, 0.05) is 12.1 Å². The van der Waals surface area contributed by atoms with Gasteiger partial charge in [0.25, 0.3) is 5.91 Å². The van der Waals surface area contributed by atoms with Crippen molar-refractivity contribution in [1.82, 2.24) is 5.32 Å². The number of hydrogen-bond donors (Lipinski definition) is 2. The number of amides is 1. The maximum absolute atomic E-state index is 13.0. The first-order valence-electron chi connectivity index (χ1n) is 5.57. The van der Waals surface area contributed by atoms with Crippen LogP contribution in [0.25, 0.3) is 0 Å². The van der Waals surface area contributed by atoms with E-state index in [1.165, 1.54) is 18.2 Å². The zero-order chi connectivity index (χ0) is 13.8. The first kappa shape index (κ1) is 13.8. The number of carbonyl (C=O) groups excluding carboxylic acids is 1. The molecule has 0 aliphatic rings. The van der Waals surface area contributed by atoms with Gasteiger partial charge >= 0.3 is 0 Å². The molecule has 0 aliphatic carbocycles. The van der Waals surface area contributed by atoms with Crippen molar-refractivity contribution in [2.45, 2.75) is 6.54 Å². The molecule has 2 aromatic rings. The highest BCUT2D eigenvalue weighted by atomic mass is 127. The quantitative estimate of drug-likeness (QED) is 0.815. The Labute approximate surface area is 123 Å². The van der Waals surface area contributed by atoms with Gasteiger partial charge in [-0.3, -0.25) is 4.79 Å². The summed E-state index contributed by atoms with van der Waals surface area (Å²) in [5.74, 6) is -0.575. The Hall–Kier alpha value is -1.63. The van der Waals surface area contributed by atoms with E-state index in [-0.39, 0.29) is 24.0 Å². The molecular weight excluding hydrogens is 360 g/mol. The molecule has 0 heterocycles. The number of phenols is 1. The van der Waals surface area contributed by atoms with Crippen LogP contribution in [0.1, 0.15) is 15.9 Å². The summed E-state index contributed by atoms with van der Waals surface area (Å²) in [6, 6.07) is 10.7. The fourth-order valence-electron chi connectivity index (χ4n) is 1.59. The minimum absolute atomic E-state index is 0.0685. The predicted octanol–water partition coefficient (Wildman–Crippen LogP) is 3.07. The van der Waals surface area contributed by atoms with Crippen LogP contribution < -0.4 is 5.32 Å². The summed E-state index contributed by atoms with van der Waals surface area (Å²) in [5.41, 5.74) is 1.05. The van der Waals surface area contributed by atoms with Crippen LogP contribution in [-0.2, 0) is 6.54 Å². The number of nitrogens with one attached hydrogen (secondary N) is 1. The Morgan fingerprint density at radius 2 is 2.05 bits per heavy atom. The zero-order valence-corrected chi connectivity index (χ0v) is 12.0. The molecule has 0 atom stereocenters. The summed E-state index contributed by atoms with van der Waals surface area (Å²) >= 11 is 1.98. The molecule has 0 saturated carbocycles. The van der Waals surface area contributed by atoms with Crippen molar-refractivity contribution >= 4 is 28.5 Å². The third-order valence-electron chi connectivity index (χ3n) is 2.55. The molecule has 3 nitrogen and oxygen atoms in total. The lowest BCUT2D eigenvalue weighted by Crippen LogP contribution is -2.22. The minimum atomic E-state index is -0.335. The fourth-order valence-corrected chi connectivity index (χ4v) is 1.92. The lowest BCUT2D eigenvalue weighted by molar-refractivity contribution is 0.0950. The first-order valence-corrected chi connectivity index (χ1v) is 6.65. The maximum Gasteiger partial charge on any atom is 0.251 e. The highest BCUT2D eigenvalue weighted by Gasteiger charge is 2.08. The van der Waals surface area contributed by atoms with Gasteiger partial charge in [-0.1, -0.05) is 12.1 Å². The van der Waals surface area contributed by atoms with Gasteiger partial charge in [-0.2, -0.15) is 0 Å². The molecular formula is C14H11FINO2. The Morgan fingerprint density at radius 1 is 1.26 bits per heavy atom. The van der Waals surface area contributed by atoms with Gasteiger partial charge in [0.2, 0.25) is 0 Å². The van der Waals surface area contributed by atoms with Crippen LogP contribution in [0.5, 0.6) is 5.75 Å². The highest BCUT2D eigenvalue weighted by molar-refractivity contribution is 14.1. The molecule has 5 heteroatoms. The topological polar surface area (TPSA) is 49.3 Å². The van der Waals surface area contributed by atoms with E-state index < -0.39 is 0 Å². The van der Waals surface area contributed by atoms with Crippen molar-refractivity contribution in [1.29, 1.82) is 0 Å². The molecule has 0 saturated heterocycles. The van der Waals surface area contributed by atoms with Crippen LogP contribution >= 0.6 is 22.6 Å². The second-order valence-electron chi connectivity index (χ2n) is 3.98. The number of benzene rings is 2. The van der Waals surface area contributed by atoms with Crippen molar-refractivity contribution in [2.75, 3.05) is 0 Å². The lowest BCUT2D eigenvalue weighted by Gasteiger charge is -2.06. The fraction of sp³-hybridized carbons (Fsp3) is 0.0714. The third-order valence-corrected chi connectivity index (χ3v) is 3.46. The Kier molecular flexibility index (Phi) is 4.36. The molecule has 2 aromatic carbocycles. The van der Waals surface area contributed by atoms with Crippen molar-refractivity contribution in [2.24, 2.45) is 0 Å². The van der Waals surface area contributed by atoms with Crippen molar-refractivity contribution in [3.63, 3.8) is 0 Å². The van der Waals surface area contributed by atoms with Gasteiger partial charge < -0.3 is 10.4 Å². The highest BCUT2D eigenvalue weighted by Crippen LogP contribution is 2.20. The maximum atomic E-state index is 13.0. The first-order chi connectivity index (χ1) is 9.06. The molecule has 2 rings (SSSR count). The van der Waals surface area contributed by atoms with E-state index in [4.69, 9.17) is 0 Å². The Morgan fingerprint density at radius 3 is 2.74 bits per heavy atom. The average Bonchev–Trinajstić information content (AvgIpc) is 2.39. The lowest BCUT2D eigenvalue weighted by atomic mass is 10.2. The summed E-state index contributed by atoms with van der Waals surface area (Å²) in [7, 11) is 0. The molecule has 0 fully saturated rings. The van der Waals surface area contributed by atoms with Crippen LogP contribution in [0.4, 0.5) is 4.39 Å². The van der Waals surface area contributed by atoms with Crippen molar-refractivity contribution < 1.29 is 14.3 Å². The van der Waals surface area contributed by atoms with E-state index in [9.17, 15) is 14.3 Å². The third kappa shape index (κ3) is 3.66. The van der Waals surface area contributed by atoms with Crippen LogP contribution in [0.3, 0.4) is 0 Å². The van der Waals surface area contributed by atoms with E-state index in [0.29, 0.717) is 14.7 Å². The molecule has 0 aliphatic heterocycles. The molecule has 0 spiro atoms. The van der Waals surface area contributed by atoms with Gasteiger partial charge in [0.1, 0.15) is 11.6 Å². The number of rotatable bonds is 3. The number of hydrogen-bond acceptors (Lipinski definition) is 2. The van der Waals surface area contributed by atoms with Gasteiger partial charge in [0.15, 0.2) is 0 Å². The molecule has 0 radical (unpaired) electrons. The van der Waals surface area contributed by atoms with Gasteiger partial charge in [-0.05, 0) is 58.5 Å². The second kappa shape index (κ2) is 6.01. The zero-order valence-electron chi connectivity index (χ0n) is 9.86. The van der Waals surface area contributed by atoms with Gasteiger partial charge in [-0.15, -0.1) is 0 Å². The average molecular weight is 371 g/mol. The van der Waals surface area contributed by atoms with Crippen molar-refractivity contribution in [3.8, 4) is 5.75 Å². The molecule has 0 unspecified atom stereocenters. The summed E-state index contributed by atoms with van der Waals surface area (Å²) in [4.78, 5) is 11.8. The summed E-state index contributed by atoms with van der Waals surface area (Å²) < 4.78 is 13.6. The molecule has 19 heavy (non-hydrogen) atoms. The van der Waals surface area contributed by atoms with E-state index >= 15 is 0 Å². The van der Waals surface area contributed by atoms with Crippen molar-refractivity contribution in [3.05, 3.63) is 63.0 Å². The smallest absolute Gasteiger partial charge is 0.251 e. The Balaban J connectivity index is 2.03. The van der Waals surface area contributed by atoms with E-state index in [2.05, 4.69) is 5.32 Å². The van der Waals surface area contributed by atoms with E-state index in [1.54, 1.807) is 24.3 Å². The number of halogens is 2. The summed E-state index contributed by atoms with van der Waals surface area (Å²) in [6.07, 6.45) is 0. The SMILES string of the molecule is O=C(NCc1cccc(F)c1)c1ccc(I)c(O)c1. The predicted molar refractivity (Wildman–Crippen MR) is 78.4 cm³/mol. The van der Waals surface area contributed by atoms with Crippen LogP contribution in [0.15, 0.2) is 42.5 Å². The summed E-state index contributed by atoms with van der Waals surface area (Å²) in [5, 5.41) is 12.2. The molecule has 2 N–H and O–H groups in total. The largest absolute Gasteiger partial charge is 0.507 e. The van der Waals surface area contributed by atoms with Crippen LogP contribution in [-0.4, -0.2) is 11.0 Å². The van der Waals surface area contributed by atoms with Gasteiger partial charge in [-0.25, -0.2) is 4.39 Å². The number of aromatic hydroxyl groups is 1. The number of carbonyl (C=O) groups is 1. The van der Waals surface area contributed by atoms with E-state index in [1.807, 2.05) is 22.6 Å². The monoisotopic (exact) mass is 371 g/mol. The molecule has 0 bridgehead atoms. The molecule has 98 valence electrons.